The summed E-state index contributed by atoms with van der Waals surface area (Å²) in [5.41, 5.74) is 3.50. The molecule has 0 aliphatic heterocycles. The largest absolute Gasteiger partial charge is 0.462 e. The summed E-state index contributed by atoms with van der Waals surface area (Å²) in [6.07, 6.45) is 3.39. The van der Waals surface area contributed by atoms with Crippen LogP contribution in [0.25, 0.3) is 22.3 Å². The van der Waals surface area contributed by atoms with E-state index in [4.69, 9.17) is 4.74 Å². The van der Waals surface area contributed by atoms with Gasteiger partial charge in [0.1, 0.15) is 0 Å². The summed E-state index contributed by atoms with van der Waals surface area (Å²) in [4.78, 5) is 20.9. The molecule has 0 spiro atoms. The molecule has 6 heteroatoms. The van der Waals surface area contributed by atoms with E-state index in [1.165, 1.54) is 0 Å². The topological polar surface area (TPSA) is 69.9 Å². The molecule has 0 saturated heterocycles. The molecule has 112 valence electrons. The fourth-order valence-electron chi connectivity index (χ4n) is 2.49. The van der Waals surface area contributed by atoms with E-state index in [-0.39, 0.29) is 5.97 Å². The first-order chi connectivity index (χ1) is 10.6. The van der Waals surface area contributed by atoms with Crippen molar-refractivity contribution in [2.24, 2.45) is 7.05 Å². The van der Waals surface area contributed by atoms with Crippen LogP contribution < -0.4 is 0 Å². The summed E-state index contributed by atoms with van der Waals surface area (Å²) in [5, 5.41) is 5.10. The van der Waals surface area contributed by atoms with Crippen molar-refractivity contribution in [3.8, 4) is 11.3 Å². The molecular weight excluding hydrogens is 280 g/mol. The van der Waals surface area contributed by atoms with E-state index in [0.29, 0.717) is 23.5 Å². The van der Waals surface area contributed by atoms with Crippen LogP contribution in [0.1, 0.15) is 23.0 Å². The average Bonchev–Trinajstić information content (AvgIpc) is 2.82. The third-order valence-corrected chi connectivity index (χ3v) is 3.44. The smallest absolute Gasteiger partial charge is 0.339 e. The Bertz CT molecular complexity index is 840. The van der Waals surface area contributed by atoms with Gasteiger partial charge in [-0.1, -0.05) is 0 Å². The number of hydrogen-bond donors (Lipinski definition) is 0. The molecule has 0 amide bonds. The van der Waals surface area contributed by atoms with Gasteiger partial charge in [-0.05, 0) is 32.0 Å². The summed E-state index contributed by atoms with van der Waals surface area (Å²) in [6, 6.07) is 5.46. The van der Waals surface area contributed by atoms with Crippen LogP contribution in [0.3, 0.4) is 0 Å². The zero-order valence-corrected chi connectivity index (χ0v) is 12.7. The number of rotatable bonds is 3. The molecule has 3 aromatic rings. The number of carbonyl (C=O) groups excluding carboxylic acids is 1. The van der Waals surface area contributed by atoms with Gasteiger partial charge in [0, 0.05) is 25.0 Å². The van der Waals surface area contributed by atoms with Gasteiger partial charge in [-0.3, -0.25) is 9.67 Å². The molecule has 0 saturated carbocycles. The third kappa shape index (κ3) is 2.32. The monoisotopic (exact) mass is 296 g/mol. The van der Waals surface area contributed by atoms with Gasteiger partial charge in [0.15, 0.2) is 5.65 Å². The molecule has 0 aromatic carbocycles. The zero-order valence-electron chi connectivity index (χ0n) is 12.7. The second-order valence-corrected chi connectivity index (χ2v) is 4.92. The van der Waals surface area contributed by atoms with Crippen molar-refractivity contribution in [1.29, 1.82) is 0 Å². The van der Waals surface area contributed by atoms with Crippen molar-refractivity contribution in [2.45, 2.75) is 13.8 Å². The Morgan fingerprint density at radius 1 is 1.32 bits per heavy atom. The Hall–Kier alpha value is -2.76. The molecule has 0 N–H and O–H groups in total. The normalized spacial score (nSPS) is 10.9. The van der Waals surface area contributed by atoms with Gasteiger partial charge < -0.3 is 4.74 Å². The summed E-state index contributed by atoms with van der Waals surface area (Å²) in [7, 11) is 1.81. The molecule has 0 fully saturated rings. The summed E-state index contributed by atoms with van der Waals surface area (Å²) >= 11 is 0. The summed E-state index contributed by atoms with van der Waals surface area (Å²) in [5.74, 6) is -0.360. The molecule has 0 radical (unpaired) electrons. The third-order valence-electron chi connectivity index (χ3n) is 3.44. The molecule has 22 heavy (non-hydrogen) atoms. The molecule has 0 atom stereocenters. The van der Waals surface area contributed by atoms with Crippen LogP contribution in [0.4, 0.5) is 0 Å². The van der Waals surface area contributed by atoms with Crippen LogP contribution in [0, 0.1) is 6.92 Å². The quantitative estimate of drug-likeness (QED) is 0.695. The number of aromatic nitrogens is 4. The standard InChI is InChI=1S/C16H16N4O2/c1-4-22-16(21)12-9-13(11-5-7-17-8-6-11)18-15-14(12)10(2)19-20(15)3/h5-9H,4H2,1-3H3. The van der Waals surface area contributed by atoms with Crippen molar-refractivity contribution in [1.82, 2.24) is 19.7 Å². The van der Waals surface area contributed by atoms with Gasteiger partial charge in [-0.25, -0.2) is 9.78 Å². The Balaban J connectivity index is 2.29. The van der Waals surface area contributed by atoms with Crippen LogP contribution in [-0.4, -0.2) is 32.3 Å². The van der Waals surface area contributed by atoms with Gasteiger partial charge in [0.2, 0.25) is 0 Å². The highest BCUT2D eigenvalue weighted by Crippen LogP contribution is 2.27. The van der Waals surface area contributed by atoms with E-state index in [0.717, 1.165) is 16.6 Å². The lowest BCUT2D eigenvalue weighted by molar-refractivity contribution is 0.0528. The SMILES string of the molecule is CCOC(=O)c1cc(-c2ccncc2)nc2c1c(C)nn2C. The Morgan fingerprint density at radius 2 is 2.05 bits per heavy atom. The molecule has 0 aliphatic rings. The zero-order chi connectivity index (χ0) is 15.7. The average molecular weight is 296 g/mol. The first-order valence-corrected chi connectivity index (χ1v) is 7.03. The number of ether oxygens (including phenoxy) is 1. The minimum Gasteiger partial charge on any atom is -0.462 e. The molecule has 0 unspecified atom stereocenters. The number of pyridine rings is 2. The van der Waals surface area contributed by atoms with Crippen LogP contribution in [0.2, 0.25) is 0 Å². The van der Waals surface area contributed by atoms with Crippen molar-refractivity contribution in [2.75, 3.05) is 6.61 Å². The van der Waals surface area contributed by atoms with Gasteiger partial charge in [0.05, 0.1) is 28.9 Å². The molecule has 0 bridgehead atoms. The number of esters is 1. The van der Waals surface area contributed by atoms with Gasteiger partial charge in [-0.2, -0.15) is 5.10 Å². The lowest BCUT2D eigenvalue weighted by Crippen LogP contribution is -2.07. The highest BCUT2D eigenvalue weighted by Gasteiger charge is 2.19. The lowest BCUT2D eigenvalue weighted by atomic mass is 10.1. The van der Waals surface area contributed by atoms with Crippen LogP contribution in [0.15, 0.2) is 30.6 Å². The second kappa shape index (κ2) is 5.55. The fraction of sp³-hybridized carbons (Fsp3) is 0.250. The number of carbonyl (C=O) groups is 1. The number of fused-ring (bicyclic) bond motifs is 1. The summed E-state index contributed by atoms with van der Waals surface area (Å²) < 4.78 is 6.85. The molecule has 0 aliphatic carbocycles. The maximum atomic E-state index is 12.3. The predicted molar refractivity (Wildman–Crippen MR) is 82.4 cm³/mol. The first-order valence-electron chi connectivity index (χ1n) is 7.03. The molecule has 3 aromatic heterocycles. The number of hydrogen-bond acceptors (Lipinski definition) is 5. The second-order valence-electron chi connectivity index (χ2n) is 4.92. The number of aryl methyl sites for hydroxylation is 2. The van der Waals surface area contributed by atoms with Gasteiger partial charge in [-0.15, -0.1) is 0 Å². The Labute approximate surface area is 127 Å². The van der Waals surface area contributed by atoms with E-state index in [1.807, 2.05) is 26.1 Å². The van der Waals surface area contributed by atoms with E-state index in [2.05, 4.69) is 15.1 Å². The van der Waals surface area contributed by atoms with Gasteiger partial charge >= 0.3 is 5.97 Å². The van der Waals surface area contributed by atoms with Crippen molar-refractivity contribution < 1.29 is 9.53 Å². The van der Waals surface area contributed by atoms with Crippen molar-refractivity contribution in [3.05, 3.63) is 41.9 Å². The Kier molecular flexibility index (Phi) is 3.58. The highest BCUT2D eigenvalue weighted by atomic mass is 16.5. The highest BCUT2D eigenvalue weighted by molar-refractivity contribution is 6.04. The molecule has 6 nitrogen and oxygen atoms in total. The first kappa shape index (κ1) is 14.2. The van der Waals surface area contributed by atoms with E-state index in [9.17, 15) is 4.79 Å². The minimum atomic E-state index is -0.360. The lowest BCUT2D eigenvalue weighted by Gasteiger charge is -2.07. The van der Waals surface area contributed by atoms with E-state index < -0.39 is 0 Å². The van der Waals surface area contributed by atoms with E-state index in [1.54, 1.807) is 30.1 Å². The maximum absolute atomic E-state index is 12.3. The van der Waals surface area contributed by atoms with Crippen LogP contribution >= 0.6 is 0 Å². The fourth-order valence-corrected chi connectivity index (χ4v) is 2.49. The van der Waals surface area contributed by atoms with E-state index >= 15 is 0 Å². The van der Waals surface area contributed by atoms with Crippen LogP contribution in [-0.2, 0) is 11.8 Å². The Morgan fingerprint density at radius 3 is 2.73 bits per heavy atom. The molecular formula is C16H16N4O2. The van der Waals surface area contributed by atoms with Crippen molar-refractivity contribution in [3.63, 3.8) is 0 Å². The van der Waals surface area contributed by atoms with Gasteiger partial charge in [0.25, 0.3) is 0 Å². The maximum Gasteiger partial charge on any atom is 0.339 e. The van der Waals surface area contributed by atoms with Crippen molar-refractivity contribution >= 4 is 17.0 Å². The summed E-state index contributed by atoms with van der Waals surface area (Å²) in [6.45, 7) is 3.97. The minimum absolute atomic E-state index is 0.326. The predicted octanol–water partition coefficient (Wildman–Crippen LogP) is 2.52. The van der Waals surface area contributed by atoms with Crippen LogP contribution in [0.5, 0.6) is 0 Å². The molecule has 3 rings (SSSR count). The number of nitrogens with zero attached hydrogens (tertiary/aromatic N) is 4. The molecule has 3 heterocycles.